The van der Waals surface area contributed by atoms with Gasteiger partial charge < -0.3 is 0 Å². The van der Waals surface area contributed by atoms with Crippen LogP contribution in [-0.4, -0.2) is 8.42 Å². The molecule has 0 unspecified atom stereocenters. The lowest BCUT2D eigenvalue weighted by atomic mass is 10.2. The van der Waals surface area contributed by atoms with Gasteiger partial charge in [-0.1, -0.05) is 12.1 Å². The summed E-state index contributed by atoms with van der Waals surface area (Å²) in [4.78, 5) is -0.214. The largest absolute Gasteiger partial charge is 0.280 e. The van der Waals surface area contributed by atoms with E-state index in [-0.39, 0.29) is 10.6 Å². The fourth-order valence-electron chi connectivity index (χ4n) is 1.50. The predicted octanol–water partition coefficient (Wildman–Crippen LogP) is 3.07. The first-order valence-corrected chi connectivity index (χ1v) is 6.91. The Bertz CT molecular complexity index is 714. The average molecular weight is 283 g/mol. The van der Waals surface area contributed by atoms with E-state index in [9.17, 15) is 17.2 Å². The van der Waals surface area contributed by atoms with Crippen molar-refractivity contribution in [2.75, 3.05) is 4.72 Å². The summed E-state index contributed by atoms with van der Waals surface area (Å²) in [5, 5.41) is 0. The fraction of sp³-hybridized carbons (Fsp3) is 0.0769. The number of benzene rings is 2. The molecule has 6 heteroatoms. The number of anilines is 1. The quantitative estimate of drug-likeness (QED) is 0.941. The third-order valence-corrected chi connectivity index (χ3v) is 3.91. The van der Waals surface area contributed by atoms with Crippen LogP contribution in [0, 0.1) is 18.6 Å². The van der Waals surface area contributed by atoms with Crippen molar-refractivity contribution >= 4 is 15.7 Å². The first-order chi connectivity index (χ1) is 8.88. The topological polar surface area (TPSA) is 46.2 Å². The maximum atomic E-state index is 13.3. The Labute approximate surface area is 109 Å². The molecule has 0 heterocycles. The van der Waals surface area contributed by atoms with Gasteiger partial charge in [-0.15, -0.1) is 0 Å². The molecule has 0 aliphatic carbocycles. The number of aryl methyl sites for hydroxylation is 1. The second-order valence-corrected chi connectivity index (χ2v) is 5.71. The van der Waals surface area contributed by atoms with Crippen molar-refractivity contribution in [3.63, 3.8) is 0 Å². The predicted molar refractivity (Wildman–Crippen MR) is 68.3 cm³/mol. The zero-order chi connectivity index (χ0) is 14.0. The molecule has 1 N–H and O–H groups in total. The molecule has 0 aliphatic rings. The number of hydrogen-bond donors (Lipinski definition) is 1. The van der Waals surface area contributed by atoms with Crippen LogP contribution in [0.15, 0.2) is 47.4 Å². The maximum absolute atomic E-state index is 13.3. The highest BCUT2D eigenvalue weighted by Gasteiger charge is 2.15. The van der Waals surface area contributed by atoms with Gasteiger partial charge in [-0.2, -0.15) is 0 Å². The minimum Gasteiger partial charge on any atom is -0.280 e. The summed E-state index contributed by atoms with van der Waals surface area (Å²) in [7, 11) is -3.92. The van der Waals surface area contributed by atoms with E-state index in [0.29, 0.717) is 5.56 Å². The molecule has 0 aromatic heterocycles. The molecule has 0 saturated carbocycles. The van der Waals surface area contributed by atoms with Crippen molar-refractivity contribution in [2.24, 2.45) is 0 Å². The second-order valence-electron chi connectivity index (χ2n) is 4.03. The molecule has 0 saturated heterocycles. The Morgan fingerprint density at radius 1 is 1.05 bits per heavy atom. The molecule has 100 valence electrons. The molecular formula is C13H11F2NO2S. The average Bonchev–Trinajstić information content (AvgIpc) is 2.33. The van der Waals surface area contributed by atoms with Crippen LogP contribution in [0.3, 0.4) is 0 Å². The van der Waals surface area contributed by atoms with Gasteiger partial charge in [-0.25, -0.2) is 17.2 Å². The second kappa shape index (κ2) is 4.97. The van der Waals surface area contributed by atoms with E-state index in [1.54, 1.807) is 6.92 Å². The van der Waals surface area contributed by atoms with Crippen LogP contribution < -0.4 is 4.72 Å². The van der Waals surface area contributed by atoms with E-state index >= 15 is 0 Å². The van der Waals surface area contributed by atoms with Crippen molar-refractivity contribution in [1.29, 1.82) is 0 Å². The summed E-state index contributed by atoms with van der Waals surface area (Å²) in [5.74, 6) is -1.17. The van der Waals surface area contributed by atoms with Gasteiger partial charge in [-0.3, -0.25) is 4.72 Å². The number of halogens is 2. The van der Waals surface area contributed by atoms with Gasteiger partial charge in [0.1, 0.15) is 11.6 Å². The molecule has 0 bridgehead atoms. The molecule has 0 aliphatic heterocycles. The van der Waals surface area contributed by atoms with E-state index in [4.69, 9.17) is 0 Å². The molecule has 2 aromatic rings. The molecule has 2 aromatic carbocycles. The summed E-state index contributed by atoms with van der Waals surface area (Å²) in [5.41, 5.74) is 0.501. The van der Waals surface area contributed by atoms with Gasteiger partial charge in [-0.05, 0) is 42.8 Å². The van der Waals surface area contributed by atoms with Gasteiger partial charge in [0, 0.05) is 0 Å². The standard InChI is InChI=1S/C13H11F2NO2S/c1-9-5-6-11(8-13(9)15)16-19(17,18)12-4-2-3-10(14)7-12/h2-8,16H,1H3. The highest BCUT2D eigenvalue weighted by Crippen LogP contribution is 2.19. The Morgan fingerprint density at radius 3 is 2.42 bits per heavy atom. The van der Waals surface area contributed by atoms with Gasteiger partial charge in [0.05, 0.1) is 10.6 Å². The van der Waals surface area contributed by atoms with Crippen LogP contribution in [0.25, 0.3) is 0 Å². The number of hydrogen-bond acceptors (Lipinski definition) is 2. The van der Waals surface area contributed by atoms with Crippen molar-refractivity contribution < 1.29 is 17.2 Å². The minimum absolute atomic E-state index is 0.0901. The summed E-state index contributed by atoms with van der Waals surface area (Å²) in [6.45, 7) is 1.57. The lowest BCUT2D eigenvalue weighted by Gasteiger charge is -2.08. The molecule has 0 fully saturated rings. The van der Waals surface area contributed by atoms with Gasteiger partial charge in [0.15, 0.2) is 0 Å². The van der Waals surface area contributed by atoms with E-state index in [1.807, 2.05) is 0 Å². The molecule has 19 heavy (non-hydrogen) atoms. The maximum Gasteiger partial charge on any atom is 0.261 e. The van der Waals surface area contributed by atoms with Gasteiger partial charge in [0.2, 0.25) is 0 Å². The Morgan fingerprint density at radius 2 is 1.79 bits per heavy atom. The highest BCUT2D eigenvalue weighted by atomic mass is 32.2. The Balaban J connectivity index is 2.33. The number of sulfonamides is 1. The Kier molecular flexibility index (Phi) is 3.53. The normalized spacial score (nSPS) is 11.3. The fourth-order valence-corrected chi connectivity index (χ4v) is 2.59. The first kappa shape index (κ1) is 13.5. The smallest absolute Gasteiger partial charge is 0.261 e. The molecule has 0 amide bonds. The lowest BCUT2D eigenvalue weighted by Crippen LogP contribution is -2.13. The molecule has 3 nitrogen and oxygen atoms in total. The van der Waals surface area contributed by atoms with Crippen molar-refractivity contribution in [2.45, 2.75) is 11.8 Å². The Hall–Kier alpha value is -1.95. The van der Waals surface area contributed by atoms with E-state index in [2.05, 4.69) is 4.72 Å². The molecular weight excluding hydrogens is 272 g/mol. The van der Waals surface area contributed by atoms with Crippen molar-refractivity contribution in [3.05, 3.63) is 59.7 Å². The summed E-state index contributed by atoms with van der Waals surface area (Å²) in [6.07, 6.45) is 0. The van der Waals surface area contributed by atoms with Crippen LogP contribution in [-0.2, 0) is 10.0 Å². The number of nitrogens with one attached hydrogen (secondary N) is 1. The lowest BCUT2D eigenvalue weighted by molar-refractivity contribution is 0.595. The van der Waals surface area contributed by atoms with E-state index in [1.165, 1.54) is 24.3 Å². The number of rotatable bonds is 3. The van der Waals surface area contributed by atoms with Crippen LogP contribution in [0.2, 0.25) is 0 Å². The zero-order valence-corrected chi connectivity index (χ0v) is 10.8. The monoisotopic (exact) mass is 283 g/mol. The van der Waals surface area contributed by atoms with Crippen LogP contribution in [0.1, 0.15) is 5.56 Å². The third kappa shape index (κ3) is 3.08. The molecule has 2 rings (SSSR count). The van der Waals surface area contributed by atoms with E-state index in [0.717, 1.165) is 18.2 Å². The van der Waals surface area contributed by atoms with Gasteiger partial charge >= 0.3 is 0 Å². The summed E-state index contributed by atoms with van der Waals surface area (Å²) < 4.78 is 52.4. The minimum atomic E-state index is -3.92. The van der Waals surface area contributed by atoms with Crippen molar-refractivity contribution in [1.82, 2.24) is 0 Å². The van der Waals surface area contributed by atoms with Crippen LogP contribution in [0.5, 0.6) is 0 Å². The van der Waals surface area contributed by atoms with Crippen LogP contribution in [0.4, 0.5) is 14.5 Å². The SMILES string of the molecule is Cc1ccc(NS(=O)(=O)c2cccc(F)c2)cc1F. The van der Waals surface area contributed by atoms with Gasteiger partial charge in [0.25, 0.3) is 10.0 Å². The zero-order valence-electron chi connectivity index (χ0n) is 10.0. The van der Waals surface area contributed by atoms with Crippen molar-refractivity contribution in [3.8, 4) is 0 Å². The molecule has 0 atom stereocenters. The summed E-state index contributed by atoms with van der Waals surface area (Å²) in [6, 6.07) is 8.56. The summed E-state index contributed by atoms with van der Waals surface area (Å²) >= 11 is 0. The molecule has 0 spiro atoms. The highest BCUT2D eigenvalue weighted by molar-refractivity contribution is 7.92. The molecule has 0 radical (unpaired) electrons. The van der Waals surface area contributed by atoms with E-state index < -0.39 is 21.7 Å². The third-order valence-electron chi connectivity index (χ3n) is 2.53. The first-order valence-electron chi connectivity index (χ1n) is 5.43. The van der Waals surface area contributed by atoms with Crippen LogP contribution >= 0.6 is 0 Å².